The lowest BCUT2D eigenvalue weighted by Gasteiger charge is -2.37. The Labute approximate surface area is 125 Å². The molecular weight excluding hydrogens is 266 g/mol. The van der Waals surface area contributed by atoms with Crippen LogP contribution in [-0.4, -0.2) is 37.7 Å². The molecule has 1 aromatic rings. The van der Waals surface area contributed by atoms with Crippen molar-refractivity contribution in [3.63, 3.8) is 0 Å². The molecule has 1 saturated heterocycles. The van der Waals surface area contributed by atoms with Gasteiger partial charge in [0, 0.05) is 24.8 Å². The first-order chi connectivity index (χ1) is 10.2. The molecule has 3 rings (SSSR count). The van der Waals surface area contributed by atoms with E-state index in [1.165, 1.54) is 0 Å². The van der Waals surface area contributed by atoms with Crippen LogP contribution in [0.25, 0.3) is 0 Å². The standard InChI is InChI=1S/C16H23N3O2/c1-11-8-12(9-17)2-5-14(11)19-6-7-21-10-15(19)16(20)18-13-3-4-13/h2,5,8,13,15H,3-4,6-7,9-10,17H2,1H3,(H,18,20). The minimum atomic E-state index is -0.234. The average Bonchev–Trinajstić information content (AvgIpc) is 3.31. The summed E-state index contributed by atoms with van der Waals surface area (Å²) >= 11 is 0. The summed E-state index contributed by atoms with van der Waals surface area (Å²) in [5, 5.41) is 3.08. The van der Waals surface area contributed by atoms with Crippen molar-refractivity contribution in [3.05, 3.63) is 29.3 Å². The van der Waals surface area contributed by atoms with E-state index in [2.05, 4.69) is 29.3 Å². The monoisotopic (exact) mass is 289 g/mol. The van der Waals surface area contributed by atoms with Crippen LogP contribution in [0, 0.1) is 6.92 Å². The van der Waals surface area contributed by atoms with E-state index in [0.29, 0.717) is 25.8 Å². The topological polar surface area (TPSA) is 67.6 Å². The fraction of sp³-hybridized carbons (Fsp3) is 0.562. The van der Waals surface area contributed by atoms with E-state index in [4.69, 9.17) is 10.5 Å². The summed E-state index contributed by atoms with van der Waals surface area (Å²) in [6.45, 7) is 4.46. The van der Waals surface area contributed by atoms with Crippen LogP contribution in [0.3, 0.4) is 0 Å². The van der Waals surface area contributed by atoms with E-state index in [9.17, 15) is 4.79 Å². The molecule has 1 heterocycles. The van der Waals surface area contributed by atoms with Crippen LogP contribution in [0.1, 0.15) is 24.0 Å². The third kappa shape index (κ3) is 3.19. The van der Waals surface area contributed by atoms with Crippen LogP contribution in [0.2, 0.25) is 0 Å². The number of nitrogens with zero attached hydrogens (tertiary/aromatic N) is 1. The van der Waals surface area contributed by atoms with Gasteiger partial charge in [-0.05, 0) is 37.0 Å². The Bertz CT molecular complexity index is 528. The number of hydrogen-bond acceptors (Lipinski definition) is 4. The van der Waals surface area contributed by atoms with Crippen molar-refractivity contribution < 1.29 is 9.53 Å². The largest absolute Gasteiger partial charge is 0.377 e. The number of hydrogen-bond donors (Lipinski definition) is 2. The molecule has 0 radical (unpaired) electrons. The number of anilines is 1. The first-order valence-corrected chi connectivity index (χ1v) is 7.63. The van der Waals surface area contributed by atoms with Gasteiger partial charge in [-0.1, -0.05) is 12.1 Å². The number of nitrogens with two attached hydrogens (primary N) is 1. The fourth-order valence-corrected chi connectivity index (χ4v) is 2.80. The average molecular weight is 289 g/mol. The van der Waals surface area contributed by atoms with Crippen LogP contribution in [-0.2, 0) is 16.1 Å². The van der Waals surface area contributed by atoms with E-state index in [1.807, 2.05) is 6.07 Å². The van der Waals surface area contributed by atoms with Gasteiger partial charge in [-0.2, -0.15) is 0 Å². The number of carbonyl (C=O) groups excluding carboxylic acids is 1. The molecule has 1 amide bonds. The molecule has 3 N–H and O–H groups in total. The molecule has 0 aromatic heterocycles. The molecule has 5 nitrogen and oxygen atoms in total. The summed E-state index contributed by atoms with van der Waals surface area (Å²) in [6, 6.07) is 6.35. The highest BCUT2D eigenvalue weighted by molar-refractivity contribution is 5.86. The van der Waals surface area contributed by atoms with Gasteiger partial charge in [0.25, 0.3) is 0 Å². The van der Waals surface area contributed by atoms with Crippen molar-refractivity contribution in [1.29, 1.82) is 0 Å². The lowest BCUT2D eigenvalue weighted by Crippen LogP contribution is -2.54. The van der Waals surface area contributed by atoms with Crippen molar-refractivity contribution in [1.82, 2.24) is 5.32 Å². The lowest BCUT2D eigenvalue weighted by molar-refractivity contribution is -0.124. The van der Waals surface area contributed by atoms with Gasteiger partial charge >= 0.3 is 0 Å². The van der Waals surface area contributed by atoms with Gasteiger partial charge in [0.15, 0.2) is 0 Å². The molecule has 1 aliphatic heterocycles. The first kappa shape index (κ1) is 14.4. The molecule has 1 aliphatic carbocycles. The first-order valence-electron chi connectivity index (χ1n) is 7.63. The van der Waals surface area contributed by atoms with Crippen molar-refractivity contribution in [2.75, 3.05) is 24.7 Å². The maximum Gasteiger partial charge on any atom is 0.245 e. The zero-order valence-corrected chi connectivity index (χ0v) is 12.5. The molecular formula is C16H23N3O2. The molecule has 2 aliphatic rings. The van der Waals surface area contributed by atoms with Gasteiger partial charge in [0.2, 0.25) is 5.91 Å². The molecule has 0 spiro atoms. The number of nitrogens with one attached hydrogen (secondary N) is 1. The van der Waals surface area contributed by atoms with E-state index in [-0.39, 0.29) is 11.9 Å². The van der Waals surface area contributed by atoms with E-state index in [1.54, 1.807) is 0 Å². The van der Waals surface area contributed by atoms with E-state index in [0.717, 1.165) is 36.2 Å². The van der Waals surface area contributed by atoms with Gasteiger partial charge < -0.3 is 20.7 Å². The Morgan fingerprint density at radius 2 is 2.29 bits per heavy atom. The Morgan fingerprint density at radius 1 is 1.48 bits per heavy atom. The molecule has 114 valence electrons. The number of ether oxygens (including phenoxy) is 1. The lowest BCUT2D eigenvalue weighted by atomic mass is 10.1. The van der Waals surface area contributed by atoms with Crippen LogP contribution < -0.4 is 16.0 Å². The Balaban J connectivity index is 1.81. The number of carbonyl (C=O) groups is 1. The van der Waals surface area contributed by atoms with E-state index < -0.39 is 0 Å². The fourth-order valence-electron chi connectivity index (χ4n) is 2.80. The minimum absolute atomic E-state index is 0.0829. The highest BCUT2D eigenvalue weighted by atomic mass is 16.5. The summed E-state index contributed by atoms with van der Waals surface area (Å²) in [5.74, 6) is 0.0829. The number of aryl methyl sites for hydroxylation is 1. The summed E-state index contributed by atoms with van der Waals surface area (Å²) in [5.41, 5.74) is 9.06. The zero-order chi connectivity index (χ0) is 14.8. The highest BCUT2D eigenvalue weighted by Crippen LogP contribution is 2.26. The second-order valence-corrected chi connectivity index (χ2v) is 5.89. The second-order valence-electron chi connectivity index (χ2n) is 5.89. The molecule has 0 bridgehead atoms. The Hall–Kier alpha value is -1.59. The predicted molar refractivity (Wildman–Crippen MR) is 82.2 cm³/mol. The third-order valence-corrected chi connectivity index (χ3v) is 4.16. The summed E-state index contributed by atoms with van der Waals surface area (Å²) in [7, 11) is 0. The van der Waals surface area contributed by atoms with Crippen LogP contribution in [0.15, 0.2) is 18.2 Å². The third-order valence-electron chi connectivity index (χ3n) is 4.16. The summed E-state index contributed by atoms with van der Waals surface area (Å²) < 4.78 is 5.52. The molecule has 1 unspecified atom stereocenters. The van der Waals surface area contributed by atoms with Gasteiger partial charge in [-0.15, -0.1) is 0 Å². The summed E-state index contributed by atoms with van der Waals surface area (Å²) in [4.78, 5) is 14.6. The van der Waals surface area contributed by atoms with Gasteiger partial charge in [0.1, 0.15) is 6.04 Å². The zero-order valence-electron chi connectivity index (χ0n) is 12.5. The van der Waals surface area contributed by atoms with Crippen molar-refractivity contribution in [3.8, 4) is 0 Å². The van der Waals surface area contributed by atoms with Crippen LogP contribution in [0.4, 0.5) is 5.69 Å². The van der Waals surface area contributed by atoms with Gasteiger partial charge in [0.05, 0.1) is 13.2 Å². The molecule has 5 heteroatoms. The van der Waals surface area contributed by atoms with E-state index >= 15 is 0 Å². The van der Waals surface area contributed by atoms with Crippen molar-refractivity contribution >= 4 is 11.6 Å². The molecule has 1 aromatic carbocycles. The maximum atomic E-state index is 12.4. The van der Waals surface area contributed by atoms with Crippen molar-refractivity contribution in [2.45, 2.75) is 38.4 Å². The smallest absolute Gasteiger partial charge is 0.245 e. The second kappa shape index (κ2) is 6.03. The van der Waals surface area contributed by atoms with Crippen molar-refractivity contribution in [2.24, 2.45) is 5.73 Å². The molecule has 1 saturated carbocycles. The number of morpholine rings is 1. The summed E-state index contributed by atoms with van der Waals surface area (Å²) in [6.07, 6.45) is 2.20. The van der Waals surface area contributed by atoms with Gasteiger partial charge in [-0.25, -0.2) is 0 Å². The van der Waals surface area contributed by atoms with Crippen LogP contribution in [0.5, 0.6) is 0 Å². The van der Waals surface area contributed by atoms with Gasteiger partial charge in [-0.3, -0.25) is 4.79 Å². The number of benzene rings is 1. The minimum Gasteiger partial charge on any atom is -0.377 e. The SMILES string of the molecule is Cc1cc(CN)ccc1N1CCOCC1C(=O)NC1CC1. The Morgan fingerprint density at radius 3 is 2.95 bits per heavy atom. The molecule has 21 heavy (non-hydrogen) atoms. The maximum absolute atomic E-state index is 12.4. The quantitative estimate of drug-likeness (QED) is 0.865. The predicted octanol–water partition coefficient (Wildman–Crippen LogP) is 0.938. The molecule has 1 atom stereocenters. The number of amides is 1. The van der Waals surface area contributed by atoms with Crippen LogP contribution >= 0.6 is 0 Å². The normalized spacial score (nSPS) is 22.2. The molecule has 2 fully saturated rings. The highest BCUT2D eigenvalue weighted by Gasteiger charge is 2.33. The Kier molecular flexibility index (Phi) is 4.12. The number of rotatable bonds is 4.